The lowest BCUT2D eigenvalue weighted by Crippen LogP contribution is -2.22. The molecule has 1 N–H and O–H groups in total. The highest BCUT2D eigenvalue weighted by Gasteiger charge is 1.98. The van der Waals surface area contributed by atoms with Gasteiger partial charge in [0.15, 0.2) is 0 Å². The standard InChI is InChI=1S/C9H15N3O/c1-7(2)10-5-8-4-9(13-3)12-6-11-8/h4,6-7,10H,5H2,1-3H3. The van der Waals surface area contributed by atoms with Gasteiger partial charge in [0.25, 0.3) is 0 Å². The highest BCUT2D eigenvalue weighted by molar-refractivity contribution is 5.12. The van der Waals surface area contributed by atoms with Crippen LogP contribution in [0.2, 0.25) is 0 Å². The highest BCUT2D eigenvalue weighted by atomic mass is 16.5. The summed E-state index contributed by atoms with van der Waals surface area (Å²) in [6.07, 6.45) is 1.51. The molecule has 0 fully saturated rings. The molecule has 0 unspecified atom stereocenters. The van der Waals surface area contributed by atoms with E-state index in [1.165, 1.54) is 6.33 Å². The van der Waals surface area contributed by atoms with E-state index in [1.807, 2.05) is 6.07 Å². The van der Waals surface area contributed by atoms with Gasteiger partial charge in [-0.25, -0.2) is 9.97 Å². The molecule has 1 aromatic heterocycles. The number of ether oxygens (including phenoxy) is 1. The van der Waals surface area contributed by atoms with Crippen molar-refractivity contribution in [1.82, 2.24) is 15.3 Å². The summed E-state index contributed by atoms with van der Waals surface area (Å²) in [6.45, 7) is 4.94. The van der Waals surface area contributed by atoms with Crippen LogP contribution in [-0.4, -0.2) is 23.1 Å². The Morgan fingerprint density at radius 3 is 2.85 bits per heavy atom. The zero-order chi connectivity index (χ0) is 9.68. The van der Waals surface area contributed by atoms with Crippen molar-refractivity contribution in [2.75, 3.05) is 7.11 Å². The van der Waals surface area contributed by atoms with Crippen molar-refractivity contribution in [3.05, 3.63) is 18.1 Å². The molecule has 0 atom stereocenters. The van der Waals surface area contributed by atoms with Crippen LogP contribution in [0.25, 0.3) is 0 Å². The number of rotatable bonds is 4. The fraction of sp³-hybridized carbons (Fsp3) is 0.556. The molecular formula is C9H15N3O. The molecule has 0 saturated heterocycles. The molecule has 1 rings (SSSR count). The molecule has 72 valence electrons. The number of aromatic nitrogens is 2. The second-order valence-corrected chi connectivity index (χ2v) is 3.09. The van der Waals surface area contributed by atoms with E-state index in [-0.39, 0.29) is 0 Å². The Labute approximate surface area is 78.4 Å². The Bertz CT molecular complexity index is 263. The van der Waals surface area contributed by atoms with E-state index in [0.29, 0.717) is 11.9 Å². The maximum absolute atomic E-state index is 4.98. The van der Waals surface area contributed by atoms with Crippen LogP contribution in [0.1, 0.15) is 19.5 Å². The van der Waals surface area contributed by atoms with Gasteiger partial charge in [-0.1, -0.05) is 13.8 Å². The second-order valence-electron chi connectivity index (χ2n) is 3.09. The molecule has 1 aromatic rings. The summed E-state index contributed by atoms with van der Waals surface area (Å²) in [6, 6.07) is 2.29. The van der Waals surface area contributed by atoms with Crippen LogP contribution < -0.4 is 10.1 Å². The predicted octanol–water partition coefficient (Wildman–Crippen LogP) is 0.983. The third-order valence-electron chi connectivity index (χ3n) is 1.60. The fourth-order valence-electron chi connectivity index (χ4n) is 0.894. The summed E-state index contributed by atoms with van der Waals surface area (Å²) in [5, 5.41) is 3.27. The Morgan fingerprint density at radius 2 is 2.23 bits per heavy atom. The van der Waals surface area contributed by atoms with Crippen molar-refractivity contribution < 1.29 is 4.74 Å². The first-order valence-electron chi connectivity index (χ1n) is 4.30. The maximum atomic E-state index is 4.98. The summed E-state index contributed by atoms with van der Waals surface area (Å²) < 4.78 is 4.98. The van der Waals surface area contributed by atoms with Crippen LogP contribution in [0.4, 0.5) is 0 Å². The number of hydrogen-bond donors (Lipinski definition) is 1. The van der Waals surface area contributed by atoms with Crippen molar-refractivity contribution in [3.8, 4) is 5.88 Å². The monoisotopic (exact) mass is 181 g/mol. The number of nitrogens with zero attached hydrogens (tertiary/aromatic N) is 2. The molecule has 0 aliphatic rings. The minimum absolute atomic E-state index is 0.459. The molecule has 1 heterocycles. The quantitative estimate of drug-likeness (QED) is 0.752. The molecule has 0 aliphatic carbocycles. The van der Waals surface area contributed by atoms with Crippen molar-refractivity contribution in [3.63, 3.8) is 0 Å². The molecule has 0 aliphatic heterocycles. The number of methoxy groups -OCH3 is 1. The van der Waals surface area contributed by atoms with Crippen LogP contribution in [-0.2, 0) is 6.54 Å². The minimum atomic E-state index is 0.459. The molecule has 0 bridgehead atoms. The fourth-order valence-corrected chi connectivity index (χ4v) is 0.894. The van der Waals surface area contributed by atoms with E-state index in [9.17, 15) is 0 Å². The first-order valence-corrected chi connectivity index (χ1v) is 4.30. The molecular weight excluding hydrogens is 166 g/mol. The van der Waals surface area contributed by atoms with Gasteiger partial charge in [-0.2, -0.15) is 0 Å². The van der Waals surface area contributed by atoms with Gasteiger partial charge in [-0.05, 0) is 0 Å². The van der Waals surface area contributed by atoms with E-state index >= 15 is 0 Å². The average molecular weight is 181 g/mol. The third-order valence-corrected chi connectivity index (χ3v) is 1.60. The van der Waals surface area contributed by atoms with E-state index < -0.39 is 0 Å². The smallest absolute Gasteiger partial charge is 0.216 e. The lowest BCUT2D eigenvalue weighted by molar-refractivity contribution is 0.395. The van der Waals surface area contributed by atoms with E-state index in [2.05, 4.69) is 29.1 Å². The maximum Gasteiger partial charge on any atom is 0.216 e. The molecule has 4 heteroatoms. The van der Waals surface area contributed by atoms with Gasteiger partial charge >= 0.3 is 0 Å². The van der Waals surface area contributed by atoms with Gasteiger partial charge in [0, 0.05) is 18.7 Å². The minimum Gasteiger partial charge on any atom is -0.481 e. The largest absolute Gasteiger partial charge is 0.481 e. The van der Waals surface area contributed by atoms with Gasteiger partial charge < -0.3 is 10.1 Å². The zero-order valence-electron chi connectivity index (χ0n) is 8.24. The van der Waals surface area contributed by atoms with E-state index in [0.717, 1.165) is 12.2 Å². The topological polar surface area (TPSA) is 47.0 Å². The summed E-state index contributed by atoms with van der Waals surface area (Å²) in [4.78, 5) is 8.03. The Hall–Kier alpha value is -1.16. The van der Waals surface area contributed by atoms with Crippen molar-refractivity contribution in [2.45, 2.75) is 26.4 Å². The van der Waals surface area contributed by atoms with Crippen LogP contribution in [0.15, 0.2) is 12.4 Å². The van der Waals surface area contributed by atoms with Crippen LogP contribution in [0.5, 0.6) is 5.88 Å². The van der Waals surface area contributed by atoms with E-state index in [4.69, 9.17) is 4.74 Å². The molecule has 4 nitrogen and oxygen atoms in total. The average Bonchev–Trinajstić information content (AvgIpc) is 2.15. The van der Waals surface area contributed by atoms with Crippen molar-refractivity contribution in [1.29, 1.82) is 0 Å². The van der Waals surface area contributed by atoms with Crippen LogP contribution in [0, 0.1) is 0 Å². The van der Waals surface area contributed by atoms with Crippen molar-refractivity contribution in [2.24, 2.45) is 0 Å². The number of hydrogen-bond acceptors (Lipinski definition) is 4. The predicted molar refractivity (Wildman–Crippen MR) is 50.6 cm³/mol. The Balaban J connectivity index is 2.56. The highest BCUT2D eigenvalue weighted by Crippen LogP contribution is 2.05. The molecule has 0 amide bonds. The Morgan fingerprint density at radius 1 is 1.46 bits per heavy atom. The van der Waals surface area contributed by atoms with Crippen LogP contribution >= 0.6 is 0 Å². The lowest BCUT2D eigenvalue weighted by Gasteiger charge is -2.07. The van der Waals surface area contributed by atoms with Crippen molar-refractivity contribution >= 4 is 0 Å². The zero-order valence-corrected chi connectivity index (χ0v) is 8.24. The first-order chi connectivity index (χ1) is 6.22. The van der Waals surface area contributed by atoms with Gasteiger partial charge in [0.05, 0.1) is 12.8 Å². The summed E-state index contributed by atoms with van der Waals surface area (Å²) in [5.41, 5.74) is 0.945. The van der Waals surface area contributed by atoms with Gasteiger partial charge in [0.2, 0.25) is 5.88 Å². The second kappa shape index (κ2) is 4.77. The summed E-state index contributed by atoms with van der Waals surface area (Å²) in [7, 11) is 1.60. The molecule has 13 heavy (non-hydrogen) atoms. The number of nitrogens with one attached hydrogen (secondary N) is 1. The van der Waals surface area contributed by atoms with E-state index in [1.54, 1.807) is 7.11 Å². The van der Waals surface area contributed by atoms with Gasteiger partial charge in [-0.15, -0.1) is 0 Å². The molecule has 0 aromatic carbocycles. The molecule has 0 radical (unpaired) electrons. The van der Waals surface area contributed by atoms with Crippen LogP contribution in [0.3, 0.4) is 0 Å². The Kier molecular flexibility index (Phi) is 3.64. The third kappa shape index (κ3) is 3.38. The SMILES string of the molecule is COc1cc(CNC(C)C)ncn1. The molecule has 0 spiro atoms. The molecule has 0 saturated carbocycles. The van der Waals surface area contributed by atoms with Gasteiger partial charge in [0.1, 0.15) is 6.33 Å². The summed E-state index contributed by atoms with van der Waals surface area (Å²) in [5.74, 6) is 0.607. The normalized spacial score (nSPS) is 10.5. The summed E-state index contributed by atoms with van der Waals surface area (Å²) >= 11 is 0. The first kappa shape index (κ1) is 9.92. The van der Waals surface area contributed by atoms with Gasteiger partial charge in [-0.3, -0.25) is 0 Å². The lowest BCUT2D eigenvalue weighted by atomic mass is 10.3.